The molecule has 3 heteroatoms. The summed E-state index contributed by atoms with van der Waals surface area (Å²) in [5.74, 6) is -0.143. The van der Waals surface area contributed by atoms with Gasteiger partial charge in [0.1, 0.15) is 0 Å². The molecule has 1 N–H and O–H groups in total. The maximum absolute atomic E-state index is 12.4. The summed E-state index contributed by atoms with van der Waals surface area (Å²) in [5.41, 5.74) is 3.95. The average molecular weight is 265 g/mol. The molecule has 20 heavy (non-hydrogen) atoms. The summed E-state index contributed by atoms with van der Waals surface area (Å²) in [7, 11) is 0. The Hall–Kier alpha value is -2.42. The van der Waals surface area contributed by atoms with Crippen LogP contribution in [0.4, 0.5) is 0 Å². The van der Waals surface area contributed by atoms with E-state index in [9.17, 15) is 9.59 Å². The third kappa shape index (κ3) is 2.23. The number of ketones is 1. The molecule has 1 aliphatic rings. The Balaban J connectivity index is 1.98. The zero-order valence-electron chi connectivity index (χ0n) is 11.3. The van der Waals surface area contributed by atoms with E-state index in [-0.39, 0.29) is 11.7 Å². The molecule has 2 aromatic carbocycles. The highest BCUT2D eigenvalue weighted by Gasteiger charge is 2.19. The first kappa shape index (κ1) is 12.6. The molecule has 0 aromatic heterocycles. The van der Waals surface area contributed by atoms with Crippen molar-refractivity contribution in [2.75, 3.05) is 6.54 Å². The van der Waals surface area contributed by atoms with Crippen LogP contribution in [-0.2, 0) is 6.42 Å². The van der Waals surface area contributed by atoms with Crippen molar-refractivity contribution in [2.24, 2.45) is 0 Å². The quantitative estimate of drug-likeness (QED) is 0.848. The largest absolute Gasteiger partial charge is 0.352 e. The lowest BCUT2D eigenvalue weighted by atomic mass is 9.94. The molecular weight excluding hydrogens is 250 g/mol. The number of amides is 1. The van der Waals surface area contributed by atoms with Crippen molar-refractivity contribution in [1.82, 2.24) is 5.32 Å². The highest BCUT2D eigenvalue weighted by molar-refractivity contribution is 6.10. The van der Waals surface area contributed by atoms with Gasteiger partial charge in [0.15, 0.2) is 5.78 Å². The molecule has 0 saturated carbocycles. The molecule has 0 unspecified atom stereocenters. The monoisotopic (exact) mass is 265 g/mol. The fourth-order valence-electron chi connectivity index (χ4n) is 2.42. The summed E-state index contributed by atoms with van der Waals surface area (Å²) in [5, 5.41) is 2.80. The molecule has 0 bridgehead atoms. The number of rotatable bonds is 2. The van der Waals surface area contributed by atoms with Gasteiger partial charge < -0.3 is 5.32 Å². The number of hydrogen-bond donors (Lipinski definition) is 1. The van der Waals surface area contributed by atoms with Crippen LogP contribution in [0.5, 0.6) is 0 Å². The van der Waals surface area contributed by atoms with Crippen molar-refractivity contribution < 1.29 is 9.59 Å². The lowest BCUT2D eigenvalue weighted by Crippen LogP contribution is -2.32. The predicted molar refractivity (Wildman–Crippen MR) is 77.1 cm³/mol. The average Bonchev–Trinajstić information content (AvgIpc) is 2.47. The summed E-state index contributed by atoms with van der Waals surface area (Å²) < 4.78 is 0. The van der Waals surface area contributed by atoms with Crippen LogP contribution in [-0.4, -0.2) is 18.2 Å². The molecule has 0 atom stereocenters. The number of carbonyl (C=O) groups is 2. The topological polar surface area (TPSA) is 46.2 Å². The van der Waals surface area contributed by atoms with E-state index in [1.807, 2.05) is 37.3 Å². The van der Waals surface area contributed by atoms with E-state index in [2.05, 4.69) is 5.32 Å². The Kier molecular flexibility index (Phi) is 3.11. The molecule has 0 fully saturated rings. The summed E-state index contributed by atoms with van der Waals surface area (Å²) in [6.07, 6.45) is 0.820. The molecule has 2 aromatic rings. The van der Waals surface area contributed by atoms with E-state index in [4.69, 9.17) is 0 Å². The molecule has 0 spiro atoms. The highest BCUT2D eigenvalue weighted by atomic mass is 16.1. The van der Waals surface area contributed by atoms with Crippen molar-refractivity contribution in [3.05, 3.63) is 70.3 Å². The number of fused-ring (bicyclic) bond motifs is 1. The van der Waals surface area contributed by atoms with Crippen LogP contribution >= 0.6 is 0 Å². The Morgan fingerprint density at radius 1 is 1.05 bits per heavy atom. The standard InChI is InChI=1S/C17H15NO2/c1-11-2-4-13(5-3-11)16(19)14-7-6-12-8-9-18-17(20)15(12)10-14/h2-7,10H,8-9H2,1H3,(H,18,20). The van der Waals surface area contributed by atoms with Gasteiger partial charge in [-0.3, -0.25) is 9.59 Å². The molecule has 1 aliphatic heterocycles. The third-order valence-corrected chi connectivity index (χ3v) is 3.61. The minimum Gasteiger partial charge on any atom is -0.352 e. The fourth-order valence-corrected chi connectivity index (χ4v) is 2.42. The van der Waals surface area contributed by atoms with Crippen molar-refractivity contribution in [3.63, 3.8) is 0 Å². The minimum absolute atomic E-state index is 0.0498. The van der Waals surface area contributed by atoms with Crippen LogP contribution in [0.25, 0.3) is 0 Å². The smallest absolute Gasteiger partial charge is 0.251 e. The van der Waals surface area contributed by atoms with Gasteiger partial charge >= 0.3 is 0 Å². The normalized spacial score (nSPS) is 13.6. The first-order chi connectivity index (χ1) is 9.65. The summed E-state index contributed by atoms with van der Waals surface area (Å²) >= 11 is 0. The molecule has 0 saturated heterocycles. The zero-order valence-corrected chi connectivity index (χ0v) is 11.3. The van der Waals surface area contributed by atoms with Gasteiger partial charge in [-0.2, -0.15) is 0 Å². The van der Waals surface area contributed by atoms with Gasteiger partial charge in [0.05, 0.1) is 0 Å². The van der Waals surface area contributed by atoms with E-state index < -0.39 is 0 Å². The molecule has 0 aliphatic carbocycles. The van der Waals surface area contributed by atoms with Gasteiger partial charge in [-0.05, 0) is 25.0 Å². The van der Waals surface area contributed by atoms with Crippen LogP contribution in [0.15, 0.2) is 42.5 Å². The van der Waals surface area contributed by atoms with Gasteiger partial charge in [-0.15, -0.1) is 0 Å². The van der Waals surface area contributed by atoms with Crippen LogP contribution in [0.2, 0.25) is 0 Å². The summed E-state index contributed by atoms with van der Waals surface area (Å²) in [4.78, 5) is 24.2. The molecule has 1 heterocycles. The molecular formula is C17H15NO2. The molecule has 1 amide bonds. The number of carbonyl (C=O) groups excluding carboxylic acids is 2. The Bertz CT molecular complexity index is 687. The number of benzene rings is 2. The van der Waals surface area contributed by atoms with Crippen LogP contribution in [0, 0.1) is 6.92 Å². The Morgan fingerprint density at radius 3 is 2.50 bits per heavy atom. The van der Waals surface area contributed by atoms with E-state index in [0.29, 0.717) is 23.2 Å². The first-order valence-electron chi connectivity index (χ1n) is 6.67. The maximum Gasteiger partial charge on any atom is 0.251 e. The van der Waals surface area contributed by atoms with Crippen molar-refractivity contribution in [1.29, 1.82) is 0 Å². The SMILES string of the molecule is Cc1ccc(C(=O)c2ccc3c(c2)C(=O)NCC3)cc1. The van der Waals surface area contributed by atoms with E-state index >= 15 is 0 Å². The van der Waals surface area contributed by atoms with E-state index in [0.717, 1.165) is 17.5 Å². The molecule has 3 rings (SSSR count). The van der Waals surface area contributed by atoms with Gasteiger partial charge in [-0.25, -0.2) is 0 Å². The summed E-state index contributed by atoms with van der Waals surface area (Å²) in [6, 6.07) is 12.9. The molecule has 100 valence electrons. The van der Waals surface area contributed by atoms with Crippen LogP contribution in [0.1, 0.15) is 37.4 Å². The van der Waals surface area contributed by atoms with Gasteiger partial charge in [0, 0.05) is 23.2 Å². The molecule has 3 nitrogen and oxygen atoms in total. The maximum atomic E-state index is 12.4. The van der Waals surface area contributed by atoms with Gasteiger partial charge in [0.2, 0.25) is 0 Å². The lowest BCUT2D eigenvalue weighted by molar-refractivity contribution is 0.0946. The Morgan fingerprint density at radius 2 is 1.75 bits per heavy atom. The lowest BCUT2D eigenvalue weighted by Gasteiger charge is -2.16. The second-order valence-electron chi connectivity index (χ2n) is 5.07. The third-order valence-electron chi connectivity index (χ3n) is 3.61. The second kappa shape index (κ2) is 4.93. The highest BCUT2D eigenvalue weighted by Crippen LogP contribution is 2.18. The number of nitrogens with one attached hydrogen (secondary N) is 1. The van der Waals surface area contributed by atoms with Crippen molar-refractivity contribution in [2.45, 2.75) is 13.3 Å². The minimum atomic E-state index is -0.0928. The van der Waals surface area contributed by atoms with Crippen molar-refractivity contribution in [3.8, 4) is 0 Å². The second-order valence-corrected chi connectivity index (χ2v) is 5.07. The van der Waals surface area contributed by atoms with Gasteiger partial charge in [-0.1, -0.05) is 42.0 Å². The van der Waals surface area contributed by atoms with Crippen LogP contribution in [0.3, 0.4) is 0 Å². The fraction of sp³-hybridized carbons (Fsp3) is 0.176. The van der Waals surface area contributed by atoms with E-state index in [1.165, 1.54) is 0 Å². The Labute approximate surface area is 117 Å². The summed E-state index contributed by atoms with van der Waals surface area (Å²) in [6.45, 7) is 2.65. The first-order valence-corrected chi connectivity index (χ1v) is 6.67. The van der Waals surface area contributed by atoms with Crippen molar-refractivity contribution >= 4 is 11.7 Å². The van der Waals surface area contributed by atoms with Crippen LogP contribution < -0.4 is 5.32 Å². The van der Waals surface area contributed by atoms with Gasteiger partial charge in [0.25, 0.3) is 5.91 Å². The number of aryl methyl sites for hydroxylation is 1. The predicted octanol–water partition coefficient (Wildman–Crippen LogP) is 2.51. The molecule has 0 radical (unpaired) electrons. The number of hydrogen-bond acceptors (Lipinski definition) is 2. The van der Waals surface area contributed by atoms with E-state index in [1.54, 1.807) is 12.1 Å². The zero-order chi connectivity index (χ0) is 14.1.